The standard InChI is InChI=1S/C24H31N3O4S/c1-17(2)26-23(28)20-11-13-27(14-12-20)24(29)22-15-21(10-9-18(22)3)32(30,31)25-16-19-7-5-4-6-8-19/h4-10,15,17,20,25H,11-14,16H2,1-3H3,(H,26,28). The fourth-order valence-electron chi connectivity index (χ4n) is 3.77. The Kier molecular flexibility index (Phi) is 7.69. The Morgan fingerprint density at radius 1 is 1.06 bits per heavy atom. The van der Waals surface area contributed by atoms with Gasteiger partial charge in [0.25, 0.3) is 5.91 Å². The summed E-state index contributed by atoms with van der Waals surface area (Å²) in [6.45, 7) is 6.76. The van der Waals surface area contributed by atoms with Gasteiger partial charge >= 0.3 is 0 Å². The number of carbonyl (C=O) groups excluding carboxylic acids is 2. The Balaban J connectivity index is 1.69. The number of sulfonamides is 1. The summed E-state index contributed by atoms with van der Waals surface area (Å²) < 4.78 is 28.2. The molecule has 8 heteroatoms. The minimum atomic E-state index is -3.77. The summed E-state index contributed by atoms with van der Waals surface area (Å²) in [5.74, 6) is -0.275. The maximum Gasteiger partial charge on any atom is 0.254 e. The van der Waals surface area contributed by atoms with E-state index in [1.54, 1.807) is 17.9 Å². The molecule has 1 aliphatic heterocycles. The smallest absolute Gasteiger partial charge is 0.254 e. The van der Waals surface area contributed by atoms with Crippen molar-refractivity contribution < 1.29 is 18.0 Å². The number of hydrogen-bond acceptors (Lipinski definition) is 4. The lowest BCUT2D eigenvalue weighted by molar-refractivity contribution is -0.126. The van der Waals surface area contributed by atoms with Crippen LogP contribution in [0.4, 0.5) is 0 Å². The summed E-state index contributed by atoms with van der Waals surface area (Å²) in [5, 5.41) is 2.93. The van der Waals surface area contributed by atoms with Gasteiger partial charge in [0.05, 0.1) is 4.90 Å². The SMILES string of the molecule is Cc1ccc(S(=O)(=O)NCc2ccccc2)cc1C(=O)N1CCC(C(=O)NC(C)C)CC1. The van der Waals surface area contributed by atoms with Crippen LogP contribution in [0.1, 0.15) is 48.2 Å². The van der Waals surface area contributed by atoms with Crippen LogP contribution in [-0.4, -0.2) is 44.3 Å². The Hall–Kier alpha value is -2.71. The molecule has 0 atom stereocenters. The van der Waals surface area contributed by atoms with Gasteiger partial charge in [0.1, 0.15) is 0 Å². The topological polar surface area (TPSA) is 95.6 Å². The lowest BCUT2D eigenvalue weighted by Gasteiger charge is -2.32. The van der Waals surface area contributed by atoms with E-state index < -0.39 is 10.0 Å². The molecule has 0 unspecified atom stereocenters. The van der Waals surface area contributed by atoms with Crippen molar-refractivity contribution in [3.05, 3.63) is 65.2 Å². The molecular weight excluding hydrogens is 426 g/mol. The second-order valence-electron chi connectivity index (χ2n) is 8.52. The highest BCUT2D eigenvalue weighted by Crippen LogP contribution is 2.22. The lowest BCUT2D eigenvalue weighted by Crippen LogP contribution is -2.44. The van der Waals surface area contributed by atoms with Gasteiger partial charge in [0.2, 0.25) is 15.9 Å². The van der Waals surface area contributed by atoms with Gasteiger partial charge in [-0.1, -0.05) is 36.4 Å². The minimum Gasteiger partial charge on any atom is -0.354 e. The molecule has 1 aliphatic rings. The first-order valence-corrected chi connectivity index (χ1v) is 12.4. The third-order valence-corrected chi connectivity index (χ3v) is 7.04. The fraction of sp³-hybridized carbons (Fsp3) is 0.417. The zero-order valence-electron chi connectivity index (χ0n) is 18.8. The molecule has 0 aromatic heterocycles. The Morgan fingerprint density at radius 3 is 2.34 bits per heavy atom. The zero-order chi connectivity index (χ0) is 23.3. The first-order valence-electron chi connectivity index (χ1n) is 10.9. The average molecular weight is 458 g/mol. The van der Waals surface area contributed by atoms with Crippen LogP contribution < -0.4 is 10.0 Å². The summed E-state index contributed by atoms with van der Waals surface area (Å²) in [6.07, 6.45) is 1.19. The fourth-order valence-corrected chi connectivity index (χ4v) is 4.82. The van der Waals surface area contributed by atoms with E-state index in [1.807, 2.05) is 44.2 Å². The van der Waals surface area contributed by atoms with Crippen LogP contribution in [0, 0.1) is 12.8 Å². The molecule has 3 rings (SSSR count). The van der Waals surface area contributed by atoms with E-state index in [-0.39, 0.29) is 35.2 Å². The van der Waals surface area contributed by atoms with Gasteiger partial charge in [-0.25, -0.2) is 13.1 Å². The van der Waals surface area contributed by atoms with Crippen LogP contribution in [-0.2, 0) is 21.4 Å². The van der Waals surface area contributed by atoms with Crippen LogP contribution in [0.2, 0.25) is 0 Å². The largest absolute Gasteiger partial charge is 0.354 e. The van der Waals surface area contributed by atoms with Gasteiger partial charge in [-0.05, 0) is 56.9 Å². The molecule has 2 aromatic rings. The van der Waals surface area contributed by atoms with Gasteiger partial charge in [0.15, 0.2) is 0 Å². The number of amides is 2. The van der Waals surface area contributed by atoms with Crippen molar-refractivity contribution >= 4 is 21.8 Å². The molecule has 32 heavy (non-hydrogen) atoms. The van der Waals surface area contributed by atoms with E-state index in [1.165, 1.54) is 12.1 Å². The third kappa shape index (κ3) is 5.95. The van der Waals surface area contributed by atoms with E-state index in [0.717, 1.165) is 11.1 Å². The van der Waals surface area contributed by atoms with Crippen molar-refractivity contribution in [2.24, 2.45) is 5.92 Å². The number of aryl methyl sites for hydroxylation is 1. The number of piperidine rings is 1. The average Bonchev–Trinajstić information content (AvgIpc) is 2.78. The Bertz CT molecular complexity index is 1060. The van der Waals surface area contributed by atoms with Crippen molar-refractivity contribution in [1.29, 1.82) is 0 Å². The highest BCUT2D eigenvalue weighted by atomic mass is 32.2. The number of nitrogens with one attached hydrogen (secondary N) is 2. The molecule has 0 saturated carbocycles. The molecule has 172 valence electrons. The van der Waals surface area contributed by atoms with E-state index in [0.29, 0.717) is 31.5 Å². The highest BCUT2D eigenvalue weighted by molar-refractivity contribution is 7.89. The molecule has 7 nitrogen and oxygen atoms in total. The van der Waals surface area contributed by atoms with Crippen molar-refractivity contribution in [1.82, 2.24) is 14.9 Å². The first-order chi connectivity index (χ1) is 15.2. The maximum absolute atomic E-state index is 13.1. The minimum absolute atomic E-state index is 0.0286. The van der Waals surface area contributed by atoms with Crippen LogP contribution in [0.5, 0.6) is 0 Å². The van der Waals surface area contributed by atoms with Crippen molar-refractivity contribution in [2.45, 2.75) is 51.1 Å². The molecule has 2 amide bonds. The summed E-state index contributed by atoms with van der Waals surface area (Å²) >= 11 is 0. The molecule has 2 N–H and O–H groups in total. The predicted octanol–water partition coefficient (Wildman–Crippen LogP) is 2.85. The normalized spacial score (nSPS) is 15.1. The van der Waals surface area contributed by atoms with Gasteiger partial charge < -0.3 is 10.2 Å². The first kappa shape index (κ1) is 23.9. The number of benzene rings is 2. The second-order valence-corrected chi connectivity index (χ2v) is 10.3. The van der Waals surface area contributed by atoms with Crippen LogP contribution >= 0.6 is 0 Å². The Morgan fingerprint density at radius 2 is 1.72 bits per heavy atom. The molecule has 0 radical (unpaired) electrons. The highest BCUT2D eigenvalue weighted by Gasteiger charge is 2.29. The molecular formula is C24H31N3O4S. The molecule has 1 saturated heterocycles. The molecule has 1 heterocycles. The van der Waals surface area contributed by atoms with Gasteiger partial charge in [-0.2, -0.15) is 0 Å². The number of hydrogen-bond donors (Lipinski definition) is 2. The van der Waals surface area contributed by atoms with Crippen LogP contribution in [0.3, 0.4) is 0 Å². The van der Waals surface area contributed by atoms with Crippen molar-refractivity contribution in [2.75, 3.05) is 13.1 Å². The number of likely N-dealkylation sites (tertiary alicyclic amines) is 1. The molecule has 1 fully saturated rings. The van der Waals surface area contributed by atoms with Gasteiger partial charge in [0, 0.05) is 37.2 Å². The molecule has 2 aromatic carbocycles. The molecule has 0 spiro atoms. The van der Waals surface area contributed by atoms with Crippen molar-refractivity contribution in [3.63, 3.8) is 0 Å². The quantitative estimate of drug-likeness (QED) is 0.668. The van der Waals surface area contributed by atoms with E-state index >= 15 is 0 Å². The predicted molar refractivity (Wildman–Crippen MR) is 124 cm³/mol. The number of carbonyl (C=O) groups is 2. The van der Waals surface area contributed by atoms with Gasteiger partial charge in [-0.3, -0.25) is 9.59 Å². The van der Waals surface area contributed by atoms with Crippen molar-refractivity contribution in [3.8, 4) is 0 Å². The van der Waals surface area contributed by atoms with Crippen LogP contribution in [0.15, 0.2) is 53.4 Å². The van der Waals surface area contributed by atoms with E-state index in [4.69, 9.17) is 0 Å². The number of nitrogens with zero attached hydrogens (tertiary/aromatic N) is 1. The zero-order valence-corrected chi connectivity index (χ0v) is 19.6. The Labute approximate surface area is 190 Å². The summed E-state index contributed by atoms with van der Waals surface area (Å²) in [7, 11) is -3.77. The monoisotopic (exact) mass is 457 g/mol. The maximum atomic E-state index is 13.1. The van der Waals surface area contributed by atoms with E-state index in [9.17, 15) is 18.0 Å². The summed E-state index contributed by atoms with van der Waals surface area (Å²) in [4.78, 5) is 27.2. The summed E-state index contributed by atoms with van der Waals surface area (Å²) in [6, 6.07) is 14.0. The van der Waals surface area contributed by atoms with E-state index in [2.05, 4.69) is 10.0 Å². The number of rotatable bonds is 7. The summed E-state index contributed by atoms with van der Waals surface area (Å²) in [5.41, 5.74) is 1.94. The second kappa shape index (κ2) is 10.3. The molecule has 0 bridgehead atoms. The lowest BCUT2D eigenvalue weighted by atomic mass is 9.95. The van der Waals surface area contributed by atoms with Crippen LogP contribution in [0.25, 0.3) is 0 Å². The third-order valence-electron chi connectivity index (χ3n) is 5.64. The molecule has 0 aliphatic carbocycles. The van der Waals surface area contributed by atoms with Gasteiger partial charge in [-0.15, -0.1) is 0 Å².